The number of imide groups is 1. The van der Waals surface area contributed by atoms with Crippen molar-refractivity contribution in [2.45, 2.75) is 43.7 Å². The lowest BCUT2D eigenvalue weighted by atomic mass is 9.74. The minimum absolute atomic E-state index is 0.0676. The summed E-state index contributed by atoms with van der Waals surface area (Å²) < 4.78 is 40.8. The van der Waals surface area contributed by atoms with Crippen LogP contribution in [0, 0.1) is 11.8 Å². The van der Waals surface area contributed by atoms with Crippen molar-refractivity contribution in [1.82, 2.24) is 15.1 Å². The molecule has 0 unspecified atom stereocenters. The molecule has 10 heteroatoms. The highest BCUT2D eigenvalue weighted by Gasteiger charge is 2.69. The first-order valence-electron chi connectivity index (χ1n) is 13.5. The second kappa shape index (κ2) is 10.4. The Kier molecular flexibility index (Phi) is 7.02. The summed E-state index contributed by atoms with van der Waals surface area (Å²) in [5.74, 6) is -3.00. The topological polar surface area (TPSA) is 69.7 Å². The Labute approximate surface area is 243 Å². The van der Waals surface area contributed by atoms with E-state index in [9.17, 15) is 27.6 Å². The second-order valence-corrected chi connectivity index (χ2v) is 11.8. The van der Waals surface area contributed by atoms with E-state index in [1.54, 1.807) is 4.90 Å². The summed E-state index contributed by atoms with van der Waals surface area (Å²) in [5, 5.41) is 3.35. The molecule has 3 saturated heterocycles. The molecule has 0 bridgehead atoms. The highest BCUT2D eigenvalue weighted by molar-refractivity contribution is 9.10. The number of likely N-dealkylation sites (tertiary alicyclic amines) is 2. The number of alkyl halides is 3. The first-order chi connectivity index (χ1) is 19.6. The predicted octanol–water partition coefficient (Wildman–Crippen LogP) is 5.48. The van der Waals surface area contributed by atoms with E-state index in [2.05, 4.69) is 21.2 Å². The van der Waals surface area contributed by atoms with E-state index in [1.165, 1.54) is 17.0 Å². The van der Waals surface area contributed by atoms with Gasteiger partial charge in [0.1, 0.15) is 5.54 Å². The Bertz CT molecular complexity index is 1480. The van der Waals surface area contributed by atoms with E-state index in [0.29, 0.717) is 31.5 Å². The third kappa shape index (κ3) is 4.86. The van der Waals surface area contributed by atoms with Gasteiger partial charge in [-0.3, -0.25) is 24.6 Å². The summed E-state index contributed by atoms with van der Waals surface area (Å²) in [7, 11) is 0. The Hall–Kier alpha value is -3.50. The molecule has 6 nitrogen and oxygen atoms in total. The maximum atomic E-state index is 14.3. The van der Waals surface area contributed by atoms with Crippen LogP contribution in [0.5, 0.6) is 0 Å². The summed E-state index contributed by atoms with van der Waals surface area (Å²) >= 11 is 3.42. The molecule has 0 radical (unpaired) electrons. The molecule has 6 rings (SSSR count). The molecule has 0 aliphatic carbocycles. The fourth-order valence-electron chi connectivity index (χ4n) is 6.58. The molecule has 1 spiro atoms. The van der Waals surface area contributed by atoms with Gasteiger partial charge in [0.15, 0.2) is 0 Å². The molecule has 3 aliphatic rings. The highest BCUT2D eigenvalue weighted by atomic mass is 79.9. The molecule has 212 valence electrons. The lowest BCUT2D eigenvalue weighted by Gasteiger charge is -2.42. The summed E-state index contributed by atoms with van der Waals surface area (Å²) in [4.78, 5) is 45.1. The summed E-state index contributed by atoms with van der Waals surface area (Å²) in [6, 6.07) is 20.6. The number of piperidine rings is 1. The zero-order chi connectivity index (χ0) is 28.9. The number of hydrogen-bond acceptors (Lipinski definition) is 4. The van der Waals surface area contributed by atoms with Gasteiger partial charge in [-0.1, -0.05) is 70.5 Å². The van der Waals surface area contributed by atoms with Crippen LogP contribution in [0.1, 0.15) is 41.1 Å². The van der Waals surface area contributed by atoms with Crippen LogP contribution in [0.3, 0.4) is 0 Å². The molecular weight excluding hydrogens is 599 g/mol. The van der Waals surface area contributed by atoms with Crippen LogP contribution in [0.25, 0.3) is 0 Å². The summed E-state index contributed by atoms with van der Waals surface area (Å²) in [6.45, 7) is 0.905. The average molecular weight is 626 g/mol. The van der Waals surface area contributed by atoms with Crippen LogP contribution in [-0.2, 0) is 33.6 Å². The predicted molar refractivity (Wildman–Crippen MR) is 148 cm³/mol. The number of rotatable bonds is 5. The average Bonchev–Trinajstić information content (AvgIpc) is 3.42. The number of halogens is 4. The van der Waals surface area contributed by atoms with E-state index in [-0.39, 0.29) is 12.5 Å². The molecule has 3 aromatic rings. The molecular formula is C31H27BrF3N3O3. The zero-order valence-corrected chi connectivity index (χ0v) is 23.5. The van der Waals surface area contributed by atoms with E-state index in [0.717, 1.165) is 27.7 Å². The standard InChI is InChI=1S/C31H27BrF3N3O3/c32-23-13-7-20(8-14-23)17-37-16-4-15-30(29(37)41)25-24(26(36-30)21-9-11-22(12-10-21)31(33,34)35)27(39)38(28(25)40)18-19-5-2-1-3-6-19/h1-3,5-14,24-26,36H,4,15-18H2/t24-,25-,26-,30-/m1/s1. The highest BCUT2D eigenvalue weighted by Crippen LogP contribution is 2.52. The molecule has 3 fully saturated rings. The van der Waals surface area contributed by atoms with E-state index in [4.69, 9.17) is 0 Å². The van der Waals surface area contributed by atoms with Crippen molar-refractivity contribution in [3.8, 4) is 0 Å². The fraction of sp³-hybridized carbons (Fsp3) is 0.323. The lowest BCUT2D eigenvalue weighted by molar-refractivity contribution is -0.150. The van der Waals surface area contributed by atoms with Gasteiger partial charge in [-0.05, 0) is 53.8 Å². The molecule has 1 N–H and O–H groups in total. The summed E-state index contributed by atoms with van der Waals surface area (Å²) in [6.07, 6.45) is -3.55. The number of benzene rings is 3. The van der Waals surface area contributed by atoms with Crippen LogP contribution in [-0.4, -0.2) is 39.6 Å². The molecule has 0 saturated carbocycles. The zero-order valence-electron chi connectivity index (χ0n) is 21.9. The molecule has 3 amide bonds. The van der Waals surface area contributed by atoms with Crippen molar-refractivity contribution in [3.63, 3.8) is 0 Å². The van der Waals surface area contributed by atoms with Crippen molar-refractivity contribution in [1.29, 1.82) is 0 Å². The van der Waals surface area contributed by atoms with E-state index in [1.807, 2.05) is 54.6 Å². The van der Waals surface area contributed by atoms with Crippen LogP contribution >= 0.6 is 15.9 Å². The first-order valence-corrected chi connectivity index (χ1v) is 14.3. The third-order valence-corrected chi connectivity index (χ3v) is 9.01. The SMILES string of the molecule is O=C1[C@H]2[C@@H](c3ccc(C(F)(F)F)cc3)N[C@]3(CCCN(Cc4ccc(Br)cc4)C3=O)[C@H]2C(=O)N1Cc1ccccc1. The van der Waals surface area contributed by atoms with Gasteiger partial charge in [-0.15, -0.1) is 0 Å². The largest absolute Gasteiger partial charge is 0.416 e. The molecule has 3 aliphatic heterocycles. The Morgan fingerprint density at radius 2 is 1.51 bits per heavy atom. The first kappa shape index (κ1) is 27.7. The quantitative estimate of drug-likeness (QED) is 0.382. The van der Waals surface area contributed by atoms with Crippen molar-refractivity contribution < 1.29 is 27.6 Å². The Morgan fingerprint density at radius 1 is 0.854 bits per heavy atom. The Balaban J connectivity index is 1.38. The second-order valence-electron chi connectivity index (χ2n) is 10.9. The lowest BCUT2D eigenvalue weighted by Crippen LogP contribution is -2.63. The number of nitrogens with zero attached hydrogens (tertiary/aromatic N) is 2. The number of carbonyl (C=O) groups is 3. The maximum Gasteiger partial charge on any atom is 0.416 e. The minimum Gasteiger partial charge on any atom is -0.337 e. The molecule has 41 heavy (non-hydrogen) atoms. The van der Waals surface area contributed by atoms with Gasteiger partial charge in [-0.25, -0.2) is 0 Å². The van der Waals surface area contributed by atoms with Crippen LogP contribution in [0.2, 0.25) is 0 Å². The smallest absolute Gasteiger partial charge is 0.337 e. The fourth-order valence-corrected chi connectivity index (χ4v) is 6.84. The van der Waals surface area contributed by atoms with Gasteiger partial charge in [0.25, 0.3) is 0 Å². The van der Waals surface area contributed by atoms with Crippen molar-refractivity contribution in [2.24, 2.45) is 11.8 Å². The van der Waals surface area contributed by atoms with Gasteiger partial charge >= 0.3 is 6.18 Å². The monoisotopic (exact) mass is 625 g/mol. The van der Waals surface area contributed by atoms with Crippen molar-refractivity contribution >= 4 is 33.7 Å². The van der Waals surface area contributed by atoms with E-state index < -0.39 is 47.0 Å². The number of nitrogens with one attached hydrogen (secondary N) is 1. The van der Waals surface area contributed by atoms with Crippen LogP contribution in [0.15, 0.2) is 83.3 Å². The van der Waals surface area contributed by atoms with Gasteiger partial charge in [0.05, 0.1) is 23.9 Å². The molecule has 3 heterocycles. The van der Waals surface area contributed by atoms with Gasteiger partial charge in [0.2, 0.25) is 17.7 Å². The number of amides is 3. The normalized spacial score (nSPS) is 26.2. The number of carbonyl (C=O) groups excluding carboxylic acids is 3. The van der Waals surface area contributed by atoms with E-state index >= 15 is 0 Å². The van der Waals surface area contributed by atoms with Crippen molar-refractivity contribution in [3.05, 3.63) is 106 Å². The van der Waals surface area contributed by atoms with Crippen LogP contribution in [0.4, 0.5) is 13.2 Å². The van der Waals surface area contributed by atoms with Crippen LogP contribution < -0.4 is 5.32 Å². The molecule has 3 aromatic carbocycles. The Morgan fingerprint density at radius 3 is 2.17 bits per heavy atom. The van der Waals surface area contributed by atoms with Gasteiger partial charge in [-0.2, -0.15) is 13.2 Å². The third-order valence-electron chi connectivity index (χ3n) is 8.48. The minimum atomic E-state index is -4.51. The summed E-state index contributed by atoms with van der Waals surface area (Å²) in [5.41, 5.74) is -0.0185. The maximum absolute atomic E-state index is 14.3. The van der Waals surface area contributed by atoms with Crippen molar-refractivity contribution in [2.75, 3.05) is 6.54 Å². The number of fused-ring (bicyclic) bond motifs is 2. The molecule has 4 atom stereocenters. The van der Waals surface area contributed by atoms with Gasteiger partial charge in [0, 0.05) is 23.6 Å². The number of hydrogen-bond donors (Lipinski definition) is 1. The van der Waals surface area contributed by atoms with Gasteiger partial charge < -0.3 is 4.90 Å². The molecule has 0 aromatic heterocycles.